The number of hydrogen-bond acceptors (Lipinski definition) is 8. The van der Waals surface area contributed by atoms with Gasteiger partial charge >= 0.3 is 5.97 Å². The molecule has 6 bridgehead atoms. The van der Waals surface area contributed by atoms with Crippen LogP contribution in [0.3, 0.4) is 0 Å². The standard InChI is InChI=1S/C36H48N2O8/c1-20-12-11-15-24-18-27-30-25(34(45-27)28(44-4)19-29(39)38-31(30)33(24)41)16-9-6-10-17-26(21(2)32(20)40)46-36(43)22(3)37-35(42)23-13-7-5-8-14-23/h6,9-10,12,16,18,21-23,25-26,28,32,34,40-41H,5,7-8,11,13-15,17,19H2,1-4H3,(H,37,42)(H,38,39)/b10-6+,16-9+,20-12-/t21-,22+,25+,26-,28+,32-,34+/m0/s1. The first-order valence-electron chi connectivity index (χ1n) is 16.7. The van der Waals surface area contributed by atoms with Crippen molar-refractivity contribution in [1.29, 1.82) is 0 Å². The number of fused-ring (bicyclic) bond motifs is 8. The summed E-state index contributed by atoms with van der Waals surface area (Å²) in [7, 11) is 1.56. The van der Waals surface area contributed by atoms with Crippen molar-refractivity contribution in [3.63, 3.8) is 0 Å². The average molecular weight is 637 g/mol. The van der Waals surface area contributed by atoms with Gasteiger partial charge in [-0.1, -0.05) is 56.6 Å². The summed E-state index contributed by atoms with van der Waals surface area (Å²) < 4.78 is 18.0. The van der Waals surface area contributed by atoms with Crippen molar-refractivity contribution in [2.24, 2.45) is 11.8 Å². The molecule has 2 amide bonds. The van der Waals surface area contributed by atoms with E-state index in [0.29, 0.717) is 47.4 Å². The van der Waals surface area contributed by atoms with E-state index in [-0.39, 0.29) is 35.8 Å². The highest BCUT2D eigenvalue weighted by molar-refractivity contribution is 5.95. The molecule has 2 aliphatic heterocycles. The first-order valence-corrected chi connectivity index (χ1v) is 16.7. The minimum Gasteiger partial charge on any atom is -0.505 e. The smallest absolute Gasteiger partial charge is 0.328 e. The van der Waals surface area contributed by atoms with Gasteiger partial charge < -0.3 is 35.1 Å². The maximum absolute atomic E-state index is 13.2. The van der Waals surface area contributed by atoms with Gasteiger partial charge in [0.1, 0.15) is 35.9 Å². The number of carbonyl (C=O) groups is 3. The summed E-state index contributed by atoms with van der Waals surface area (Å²) >= 11 is 0. The molecule has 7 atom stereocenters. The molecule has 10 heteroatoms. The number of allylic oxidation sites excluding steroid dienone is 3. The van der Waals surface area contributed by atoms with E-state index in [2.05, 4.69) is 10.6 Å². The molecule has 10 nitrogen and oxygen atoms in total. The van der Waals surface area contributed by atoms with Crippen LogP contribution in [0, 0.1) is 11.8 Å². The molecule has 0 saturated heterocycles. The number of aryl methyl sites for hydroxylation is 1. The summed E-state index contributed by atoms with van der Waals surface area (Å²) in [5, 5.41) is 28.4. The number of hydrogen-bond donors (Lipinski definition) is 4. The Bertz CT molecular complexity index is 1390. The molecule has 3 aliphatic carbocycles. The Hall–Kier alpha value is -3.63. The molecule has 0 unspecified atom stereocenters. The molecule has 5 aliphatic rings. The molecular formula is C36H48N2O8. The lowest BCUT2D eigenvalue weighted by Crippen LogP contribution is -2.45. The SMILES string of the molecule is CO[C@@H]1CC(=O)Nc2c(O)c3cc4c2[C@@H](/C=C/C=C/C[C@H](OC(=O)[C@@H](C)NC(=O)C2CCCCC2)[C@H](C)[C@@H](O)/C(C)=C\CC3)[C@H]1O4. The second-order valence-electron chi connectivity index (χ2n) is 13.2. The summed E-state index contributed by atoms with van der Waals surface area (Å²) in [6, 6.07) is 1.02. The number of benzene rings is 1. The molecule has 1 aromatic carbocycles. The maximum atomic E-state index is 13.2. The van der Waals surface area contributed by atoms with Crippen molar-refractivity contribution in [2.45, 2.75) is 115 Å². The number of anilines is 1. The Kier molecular flexibility index (Phi) is 10.9. The van der Waals surface area contributed by atoms with E-state index in [1.165, 1.54) is 0 Å². The van der Waals surface area contributed by atoms with Crippen LogP contribution in [0.2, 0.25) is 0 Å². The van der Waals surface area contributed by atoms with Gasteiger partial charge in [-0.15, -0.1) is 0 Å². The third-order valence-corrected chi connectivity index (χ3v) is 9.97. The zero-order chi connectivity index (χ0) is 33.0. The lowest BCUT2D eigenvalue weighted by atomic mass is 9.86. The normalized spacial score (nSPS) is 31.7. The molecule has 0 radical (unpaired) electrons. The van der Waals surface area contributed by atoms with Crippen LogP contribution in [0.1, 0.15) is 89.2 Å². The molecule has 1 fully saturated rings. The van der Waals surface area contributed by atoms with Gasteiger partial charge in [0.05, 0.1) is 18.2 Å². The van der Waals surface area contributed by atoms with Gasteiger partial charge in [0.25, 0.3) is 0 Å². The van der Waals surface area contributed by atoms with E-state index in [1.54, 1.807) is 14.0 Å². The van der Waals surface area contributed by atoms with E-state index < -0.39 is 42.3 Å². The van der Waals surface area contributed by atoms with Crippen LogP contribution in [-0.2, 0) is 30.3 Å². The van der Waals surface area contributed by atoms with Gasteiger partial charge in [0.2, 0.25) is 11.8 Å². The van der Waals surface area contributed by atoms with Crippen molar-refractivity contribution < 1.29 is 38.8 Å². The van der Waals surface area contributed by atoms with E-state index in [4.69, 9.17) is 14.2 Å². The molecule has 0 spiro atoms. The summed E-state index contributed by atoms with van der Waals surface area (Å²) in [4.78, 5) is 38.8. The molecule has 6 rings (SSSR count). The molecule has 2 heterocycles. The van der Waals surface area contributed by atoms with Crippen molar-refractivity contribution in [2.75, 3.05) is 12.4 Å². The van der Waals surface area contributed by atoms with Gasteiger partial charge in [-0.3, -0.25) is 9.59 Å². The average Bonchev–Trinajstić information content (AvgIpc) is 3.42. The molecule has 250 valence electrons. The molecular weight excluding hydrogens is 588 g/mol. The summed E-state index contributed by atoms with van der Waals surface area (Å²) in [5.74, 6) is -1.08. The van der Waals surface area contributed by atoms with Crippen LogP contribution in [0.15, 0.2) is 42.0 Å². The number of ether oxygens (including phenoxy) is 3. The number of phenolic OH excluding ortho intramolecular Hbond substituents is 1. The van der Waals surface area contributed by atoms with Gasteiger partial charge in [-0.25, -0.2) is 4.79 Å². The highest BCUT2D eigenvalue weighted by Gasteiger charge is 2.44. The number of aliphatic hydroxyl groups excluding tert-OH is 1. The highest BCUT2D eigenvalue weighted by atomic mass is 16.5. The third-order valence-electron chi connectivity index (χ3n) is 9.97. The Morgan fingerprint density at radius 2 is 1.91 bits per heavy atom. The lowest BCUT2D eigenvalue weighted by molar-refractivity contribution is -0.156. The zero-order valence-electron chi connectivity index (χ0n) is 27.3. The quantitative estimate of drug-likeness (QED) is 0.201. The summed E-state index contributed by atoms with van der Waals surface area (Å²) in [6.07, 6.45) is 13.2. The van der Waals surface area contributed by atoms with Crippen LogP contribution < -0.4 is 15.4 Å². The van der Waals surface area contributed by atoms with E-state index in [0.717, 1.165) is 32.1 Å². The van der Waals surface area contributed by atoms with Crippen molar-refractivity contribution in [3.8, 4) is 11.5 Å². The van der Waals surface area contributed by atoms with Crippen LogP contribution >= 0.6 is 0 Å². The number of carbonyl (C=O) groups excluding carboxylic acids is 3. The number of amides is 2. The third kappa shape index (κ3) is 7.33. The largest absolute Gasteiger partial charge is 0.505 e. The second kappa shape index (κ2) is 14.9. The number of methoxy groups -OCH3 is 1. The van der Waals surface area contributed by atoms with Crippen LogP contribution in [-0.4, -0.2) is 65.6 Å². The number of esters is 1. The number of aromatic hydroxyl groups is 1. The first-order chi connectivity index (χ1) is 22.1. The van der Waals surface area contributed by atoms with Crippen LogP contribution in [0.25, 0.3) is 0 Å². The predicted octanol–water partition coefficient (Wildman–Crippen LogP) is 4.98. The van der Waals surface area contributed by atoms with Gasteiger partial charge in [0, 0.05) is 42.4 Å². The fourth-order valence-electron chi connectivity index (χ4n) is 7.11. The lowest BCUT2D eigenvalue weighted by Gasteiger charge is -2.29. The Morgan fingerprint density at radius 1 is 1.15 bits per heavy atom. The zero-order valence-corrected chi connectivity index (χ0v) is 27.3. The number of aliphatic hydroxyl groups is 1. The van der Waals surface area contributed by atoms with Gasteiger partial charge in [-0.2, -0.15) is 0 Å². The Morgan fingerprint density at radius 3 is 2.65 bits per heavy atom. The van der Waals surface area contributed by atoms with Gasteiger partial charge in [-0.05, 0) is 51.2 Å². The summed E-state index contributed by atoms with van der Waals surface area (Å²) in [5.41, 5.74) is 2.41. The van der Waals surface area contributed by atoms with Gasteiger partial charge in [0.15, 0.2) is 0 Å². The number of rotatable bonds is 5. The molecule has 46 heavy (non-hydrogen) atoms. The fraction of sp³-hybridized carbons (Fsp3) is 0.583. The Labute approximate surface area is 271 Å². The minimum absolute atomic E-state index is 0.0159. The summed E-state index contributed by atoms with van der Waals surface area (Å²) in [6.45, 7) is 5.33. The van der Waals surface area contributed by atoms with Crippen molar-refractivity contribution >= 4 is 23.5 Å². The molecule has 1 aromatic rings. The van der Waals surface area contributed by atoms with Crippen LogP contribution in [0.4, 0.5) is 5.69 Å². The van der Waals surface area contributed by atoms with Crippen molar-refractivity contribution in [1.82, 2.24) is 5.32 Å². The Balaban J connectivity index is 1.40. The topological polar surface area (TPSA) is 143 Å². The number of phenols is 1. The first kappa shape index (κ1) is 33.7. The number of nitrogens with one attached hydrogen (secondary N) is 2. The van der Waals surface area contributed by atoms with E-state index in [9.17, 15) is 24.6 Å². The highest BCUT2D eigenvalue weighted by Crippen LogP contribution is 2.51. The van der Waals surface area contributed by atoms with E-state index in [1.807, 2.05) is 50.3 Å². The fourth-order valence-corrected chi connectivity index (χ4v) is 7.11. The predicted molar refractivity (Wildman–Crippen MR) is 174 cm³/mol. The minimum atomic E-state index is -0.890. The monoisotopic (exact) mass is 636 g/mol. The maximum Gasteiger partial charge on any atom is 0.328 e. The molecule has 0 aromatic heterocycles. The van der Waals surface area contributed by atoms with Crippen LogP contribution in [0.5, 0.6) is 11.5 Å². The van der Waals surface area contributed by atoms with Crippen molar-refractivity contribution in [3.05, 3.63) is 53.1 Å². The molecule has 4 N–H and O–H groups in total. The molecule has 1 saturated carbocycles. The second-order valence-corrected chi connectivity index (χ2v) is 13.2. The van der Waals surface area contributed by atoms with E-state index >= 15 is 0 Å².